The predicted molar refractivity (Wildman–Crippen MR) is 62.7 cm³/mol. The Hall–Kier alpha value is -2.54. The molecule has 0 amide bonds. The Bertz CT molecular complexity index is 645. The van der Waals surface area contributed by atoms with Crippen LogP contribution in [0.4, 0.5) is 0 Å². The van der Waals surface area contributed by atoms with Crippen LogP contribution in [0.3, 0.4) is 0 Å². The molecule has 7 heteroatoms. The van der Waals surface area contributed by atoms with Gasteiger partial charge in [-0.15, -0.1) is 5.10 Å². The fourth-order valence-electron chi connectivity index (χ4n) is 1.69. The van der Waals surface area contributed by atoms with E-state index >= 15 is 0 Å². The summed E-state index contributed by atoms with van der Waals surface area (Å²) >= 11 is 0. The largest absolute Gasteiger partial charge is 0.388 e. The van der Waals surface area contributed by atoms with Crippen molar-refractivity contribution in [1.29, 1.82) is 0 Å². The minimum Gasteiger partial charge on any atom is -0.388 e. The molecular formula is C11H10N6O. The summed E-state index contributed by atoms with van der Waals surface area (Å²) in [6.07, 6.45) is 3.22. The number of aromatic amines is 1. The third-order valence-electron chi connectivity index (χ3n) is 2.55. The summed E-state index contributed by atoms with van der Waals surface area (Å²) in [5, 5.41) is 20.0. The third kappa shape index (κ3) is 1.87. The van der Waals surface area contributed by atoms with Crippen LogP contribution in [-0.2, 0) is 6.61 Å². The normalized spacial score (nSPS) is 10.7. The Balaban J connectivity index is 2.00. The molecule has 0 radical (unpaired) electrons. The number of aliphatic hydroxyl groups excluding tert-OH is 1. The number of nitrogens with zero attached hydrogens (tertiary/aromatic N) is 5. The molecule has 0 saturated carbocycles. The first-order valence-electron chi connectivity index (χ1n) is 5.35. The summed E-state index contributed by atoms with van der Waals surface area (Å²) in [6, 6.07) is 7.70. The molecule has 0 atom stereocenters. The molecule has 0 bridgehead atoms. The monoisotopic (exact) mass is 242 g/mol. The molecule has 2 heterocycles. The van der Waals surface area contributed by atoms with Crippen molar-refractivity contribution in [2.24, 2.45) is 0 Å². The van der Waals surface area contributed by atoms with Crippen molar-refractivity contribution in [3.63, 3.8) is 0 Å². The van der Waals surface area contributed by atoms with Gasteiger partial charge in [0.15, 0.2) is 0 Å². The van der Waals surface area contributed by atoms with Crippen molar-refractivity contribution >= 4 is 0 Å². The summed E-state index contributed by atoms with van der Waals surface area (Å²) in [4.78, 5) is 7.08. The van der Waals surface area contributed by atoms with Crippen LogP contribution in [0.2, 0.25) is 0 Å². The average Bonchev–Trinajstić information content (AvgIpc) is 3.10. The van der Waals surface area contributed by atoms with E-state index in [0.29, 0.717) is 5.82 Å². The number of hydrogen-bond donors (Lipinski definition) is 2. The molecule has 3 rings (SSSR count). The second-order valence-electron chi connectivity index (χ2n) is 3.71. The third-order valence-corrected chi connectivity index (χ3v) is 2.55. The Labute approximate surface area is 102 Å². The van der Waals surface area contributed by atoms with E-state index in [1.54, 1.807) is 10.9 Å². The lowest BCUT2D eigenvalue weighted by Crippen LogP contribution is -1.95. The van der Waals surface area contributed by atoms with Crippen LogP contribution in [0.15, 0.2) is 36.8 Å². The quantitative estimate of drug-likeness (QED) is 0.699. The van der Waals surface area contributed by atoms with Gasteiger partial charge in [-0.25, -0.2) is 9.67 Å². The minimum atomic E-state index is -0.104. The maximum Gasteiger partial charge on any atom is 0.143 e. The molecule has 0 saturated heterocycles. The molecule has 0 unspecified atom stereocenters. The van der Waals surface area contributed by atoms with Crippen LogP contribution in [0, 0.1) is 0 Å². The van der Waals surface area contributed by atoms with Crippen LogP contribution < -0.4 is 0 Å². The average molecular weight is 242 g/mol. The fraction of sp³-hybridized carbons (Fsp3) is 0.0909. The van der Waals surface area contributed by atoms with Gasteiger partial charge in [-0.05, 0) is 22.6 Å². The molecule has 1 aromatic carbocycles. The Morgan fingerprint density at radius 2 is 2.28 bits per heavy atom. The second-order valence-corrected chi connectivity index (χ2v) is 3.71. The fourth-order valence-corrected chi connectivity index (χ4v) is 1.69. The van der Waals surface area contributed by atoms with E-state index < -0.39 is 0 Å². The molecule has 0 aliphatic rings. The zero-order valence-electron chi connectivity index (χ0n) is 9.35. The van der Waals surface area contributed by atoms with Crippen LogP contribution in [0.5, 0.6) is 0 Å². The van der Waals surface area contributed by atoms with E-state index in [1.807, 2.05) is 24.3 Å². The Morgan fingerprint density at radius 1 is 1.33 bits per heavy atom. The van der Waals surface area contributed by atoms with Gasteiger partial charge in [-0.3, -0.25) is 0 Å². The van der Waals surface area contributed by atoms with Gasteiger partial charge in [0.1, 0.15) is 18.8 Å². The molecule has 3 aromatic rings. The van der Waals surface area contributed by atoms with Crippen LogP contribution >= 0.6 is 0 Å². The Morgan fingerprint density at radius 3 is 3.00 bits per heavy atom. The number of imidazole rings is 1. The highest BCUT2D eigenvalue weighted by molar-refractivity contribution is 5.61. The number of nitrogens with one attached hydrogen (secondary N) is 1. The van der Waals surface area contributed by atoms with E-state index in [0.717, 1.165) is 16.9 Å². The topological polar surface area (TPSA) is 92.5 Å². The molecule has 2 aromatic heterocycles. The van der Waals surface area contributed by atoms with Crippen LogP contribution in [0.1, 0.15) is 5.82 Å². The van der Waals surface area contributed by atoms with Gasteiger partial charge in [0.05, 0.1) is 17.6 Å². The van der Waals surface area contributed by atoms with Crippen LogP contribution in [0.25, 0.3) is 16.9 Å². The summed E-state index contributed by atoms with van der Waals surface area (Å²) in [5.41, 5.74) is 2.65. The van der Waals surface area contributed by atoms with Gasteiger partial charge in [-0.2, -0.15) is 0 Å². The number of tetrazole rings is 1. The Kier molecular flexibility index (Phi) is 2.58. The van der Waals surface area contributed by atoms with Crippen LogP contribution in [-0.4, -0.2) is 35.3 Å². The molecule has 90 valence electrons. The maximum atomic E-state index is 8.98. The molecule has 7 nitrogen and oxygen atoms in total. The molecule has 18 heavy (non-hydrogen) atoms. The van der Waals surface area contributed by atoms with E-state index in [1.165, 1.54) is 6.33 Å². The lowest BCUT2D eigenvalue weighted by molar-refractivity contribution is 0.272. The summed E-state index contributed by atoms with van der Waals surface area (Å²) in [7, 11) is 0. The van der Waals surface area contributed by atoms with Crippen molar-refractivity contribution in [3.05, 3.63) is 42.6 Å². The molecule has 0 aliphatic carbocycles. The smallest absolute Gasteiger partial charge is 0.143 e. The van der Waals surface area contributed by atoms with Crippen molar-refractivity contribution in [1.82, 2.24) is 30.2 Å². The minimum absolute atomic E-state index is 0.104. The molecular weight excluding hydrogens is 232 g/mol. The zero-order valence-corrected chi connectivity index (χ0v) is 9.35. The highest BCUT2D eigenvalue weighted by atomic mass is 16.3. The number of aromatic nitrogens is 6. The van der Waals surface area contributed by atoms with E-state index in [4.69, 9.17) is 5.11 Å². The van der Waals surface area contributed by atoms with E-state index in [9.17, 15) is 0 Å². The SMILES string of the molecule is OCc1ncc(-c2cccc(-n3cnnn3)c2)[nH]1. The van der Waals surface area contributed by atoms with Crippen molar-refractivity contribution in [2.75, 3.05) is 0 Å². The maximum absolute atomic E-state index is 8.98. The number of benzene rings is 1. The summed E-state index contributed by atoms with van der Waals surface area (Å²) < 4.78 is 1.58. The lowest BCUT2D eigenvalue weighted by atomic mass is 10.1. The predicted octanol–water partition coefficient (Wildman–Crippen LogP) is 0.545. The van der Waals surface area contributed by atoms with E-state index in [-0.39, 0.29) is 6.61 Å². The first-order valence-corrected chi connectivity index (χ1v) is 5.35. The number of aliphatic hydroxyl groups is 1. The van der Waals surface area contributed by atoms with Crippen molar-refractivity contribution in [2.45, 2.75) is 6.61 Å². The highest BCUT2D eigenvalue weighted by Gasteiger charge is 2.04. The van der Waals surface area contributed by atoms with E-state index in [2.05, 4.69) is 25.5 Å². The lowest BCUT2D eigenvalue weighted by Gasteiger charge is -2.02. The summed E-state index contributed by atoms with van der Waals surface area (Å²) in [5.74, 6) is 0.540. The highest BCUT2D eigenvalue weighted by Crippen LogP contribution is 2.19. The number of hydrogen-bond acceptors (Lipinski definition) is 5. The van der Waals surface area contributed by atoms with Gasteiger partial charge >= 0.3 is 0 Å². The van der Waals surface area contributed by atoms with Gasteiger partial charge in [0.2, 0.25) is 0 Å². The standard InChI is InChI=1S/C11H10N6O/c18-6-11-12-5-10(14-11)8-2-1-3-9(4-8)17-7-13-15-16-17/h1-5,7,18H,6H2,(H,12,14). The van der Waals surface area contributed by atoms with Crippen molar-refractivity contribution < 1.29 is 5.11 Å². The number of H-pyrrole nitrogens is 1. The van der Waals surface area contributed by atoms with Gasteiger partial charge in [0.25, 0.3) is 0 Å². The first-order chi connectivity index (χ1) is 8.86. The van der Waals surface area contributed by atoms with Gasteiger partial charge < -0.3 is 10.1 Å². The number of rotatable bonds is 3. The zero-order chi connectivity index (χ0) is 12.4. The summed E-state index contributed by atoms with van der Waals surface area (Å²) in [6.45, 7) is -0.104. The first kappa shape index (κ1) is 10.6. The second kappa shape index (κ2) is 4.38. The molecule has 2 N–H and O–H groups in total. The molecule has 0 fully saturated rings. The molecule has 0 aliphatic heterocycles. The van der Waals surface area contributed by atoms with Gasteiger partial charge in [-0.1, -0.05) is 12.1 Å². The van der Waals surface area contributed by atoms with Crippen molar-refractivity contribution in [3.8, 4) is 16.9 Å². The molecule has 0 spiro atoms. The van der Waals surface area contributed by atoms with Gasteiger partial charge in [0, 0.05) is 5.56 Å².